The van der Waals surface area contributed by atoms with Gasteiger partial charge in [0.1, 0.15) is 0 Å². The molecule has 0 saturated heterocycles. The lowest BCUT2D eigenvalue weighted by Gasteiger charge is -2.25. The molecule has 1 rings (SSSR count). The molecule has 1 aromatic rings. The van der Waals surface area contributed by atoms with Crippen molar-refractivity contribution in [1.82, 2.24) is 15.1 Å². The van der Waals surface area contributed by atoms with Gasteiger partial charge in [-0.1, -0.05) is 20.8 Å². The minimum Gasteiger partial charge on any atom is -0.394 e. The molecule has 20 heavy (non-hydrogen) atoms. The summed E-state index contributed by atoms with van der Waals surface area (Å²) < 4.78 is 1.58. The van der Waals surface area contributed by atoms with Gasteiger partial charge < -0.3 is 10.4 Å². The van der Waals surface area contributed by atoms with Crippen LogP contribution in [0.4, 0.5) is 0 Å². The molecule has 112 valence electrons. The number of Topliss-reactive ketones (excluding diaryl/α,β-unsaturated/α-hetero) is 1. The topological polar surface area (TPSA) is 84.2 Å². The Labute approximate surface area is 119 Å². The summed E-state index contributed by atoms with van der Waals surface area (Å²) in [5.41, 5.74) is 0.216. The van der Waals surface area contributed by atoms with E-state index in [-0.39, 0.29) is 17.6 Å². The summed E-state index contributed by atoms with van der Waals surface area (Å²) in [6, 6.07) is -0.423. The Bertz CT molecular complexity index is 474. The van der Waals surface area contributed by atoms with E-state index in [9.17, 15) is 14.7 Å². The van der Waals surface area contributed by atoms with E-state index in [1.165, 1.54) is 6.20 Å². The maximum Gasteiger partial charge on any atom is 0.292 e. The van der Waals surface area contributed by atoms with Crippen LogP contribution in [0.5, 0.6) is 0 Å². The quantitative estimate of drug-likeness (QED) is 0.602. The third-order valence-corrected chi connectivity index (χ3v) is 2.84. The number of hydrogen-bond donors (Lipinski definition) is 2. The lowest BCUT2D eigenvalue weighted by Crippen LogP contribution is -2.43. The summed E-state index contributed by atoms with van der Waals surface area (Å²) in [6.07, 6.45) is 3.51. The number of aryl methyl sites for hydroxylation is 1. The summed E-state index contributed by atoms with van der Waals surface area (Å²) in [5, 5.41) is 15.8. The molecular weight excluding hydrogens is 258 g/mol. The third kappa shape index (κ3) is 4.77. The summed E-state index contributed by atoms with van der Waals surface area (Å²) in [4.78, 5) is 23.8. The summed E-state index contributed by atoms with van der Waals surface area (Å²) in [5.74, 6) is -1.33. The van der Waals surface area contributed by atoms with Crippen LogP contribution >= 0.6 is 0 Å². The van der Waals surface area contributed by atoms with Crippen molar-refractivity contribution in [1.29, 1.82) is 0 Å². The van der Waals surface area contributed by atoms with Gasteiger partial charge >= 0.3 is 0 Å². The first-order valence-electron chi connectivity index (χ1n) is 6.75. The molecule has 1 amide bonds. The van der Waals surface area contributed by atoms with Gasteiger partial charge in [-0.15, -0.1) is 0 Å². The standard InChI is InChI=1S/C14H23N3O3/c1-5-17-8-10(7-15-17)12(19)13(20)16-11(9-18)6-14(2,3)4/h7-8,11,18H,5-6,9H2,1-4H3,(H,16,20). The molecule has 0 aliphatic rings. The van der Waals surface area contributed by atoms with Crippen LogP contribution in [0.2, 0.25) is 0 Å². The second-order valence-electron chi connectivity index (χ2n) is 6.03. The van der Waals surface area contributed by atoms with E-state index in [0.717, 1.165) is 0 Å². The molecule has 1 unspecified atom stereocenters. The van der Waals surface area contributed by atoms with Gasteiger partial charge in [0.2, 0.25) is 0 Å². The molecule has 6 heteroatoms. The SMILES string of the molecule is CCn1cc(C(=O)C(=O)NC(CO)CC(C)(C)C)cn1. The fraction of sp³-hybridized carbons (Fsp3) is 0.643. The Morgan fingerprint density at radius 2 is 2.10 bits per heavy atom. The van der Waals surface area contributed by atoms with Crippen LogP contribution in [0.1, 0.15) is 44.5 Å². The highest BCUT2D eigenvalue weighted by molar-refractivity contribution is 6.42. The van der Waals surface area contributed by atoms with Gasteiger partial charge in [-0.3, -0.25) is 14.3 Å². The van der Waals surface area contributed by atoms with Crippen LogP contribution in [0, 0.1) is 5.41 Å². The number of aromatic nitrogens is 2. The van der Waals surface area contributed by atoms with Crippen molar-refractivity contribution < 1.29 is 14.7 Å². The first-order chi connectivity index (χ1) is 9.26. The highest BCUT2D eigenvalue weighted by Crippen LogP contribution is 2.20. The normalized spacial score (nSPS) is 13.1. The molecule has 1 aromatic heterocycles. The zero-order chi connectivity index (χ0) is 15.3. The lowest BCUT2D eigenvalue weighted by atomic mass is 9.88. The monoisotopic (exact) mass is 281 g/mol. The number of carbonyl (C=O) groups is 2. The molecule has 6 nitrogen and oxygen atoms in total. The molecule has 0 saturated carbocycles. The van der Waals surface area contributed by atoms with Gasteiger partial charge in [-0.05, 0) is 18.8 Å². The fourth-order valence-corrected chi connectivity index (χ4v) is 1.94. The van der Waals surface area contributed by atoms with E-state index in [1.807, 2.05) is 27.7 Å². The van der Waals surface area contributed by atoms with Gasteiger partial charge in [-0.25, -0.2) is 0 Å². The van der Waals surface area contributed by atoms with E-state index in [4.69, 9.17) is 0 Å². The van der Waals surface area contributed by atoms with E-state index >= 15 is 0 Å². The number of aliphatic hydroxyl groups is 1. The number of carbonyl (C=O) groups excluding carboxylic acids is 2. The number of rotatable bonds is 6. The Hall–Kier alpha value is -1.69. The van der Waals surface area contributed by atoms with Gasteiger partial charge in [0, 0.05) is 12.7 Å². The van der Waals surface area contributed by atoms with Crippen LogP contribution in [-0.2, 0) is 11.3 Å². The maximum atomic E-state index is 11.9. The number of ketones is 1. The molecular formula is C14H23N3O3. The Morgan fingerprint density at radius 3 is 2.55 bits per heavy atom. The van der Waals surface area contributed by atoms with Crippen LogP contribution in [0.25, 0.3) is 0 Å². The Balaban J connectivity index is 2.67. The summed E-state index contributed by atoms with van der Waals surface area (Å²) >= 11 is 0. The maximum absolute atomic E-state index is 11.9. The number of amides is 1. The Kier molecular flexibility index (Phi) is 5.44. The first-order valence-corrected chi connectivity index (χ1v) is 6.75. The molecule has 0 aliphatic heterocycles. The van der Waals surface area contributed by atoms with Crippen molar-refractivity contribution in [2.24, 2.45) is 5.41 Å². The minimum atomic E-state index is -0.705. The largest absolute Gasteiger partial charge is 0.394 e. The average molecular weight is 281 g/mol. The van der Waals surface area contributed by atoms with Crippen molar-refractivity contribution in [3.8, 4) is 0 Å². The van der Waals surface area contributed by atoms with E-state index in [2.05, 4.69) is 10.4 Å². The molecule has 0 spiro atoms. The van der Waals surface area contributed by atoms with Gasteiger partial charge in [0.25, 0.3) is 11.7 Å². The fourth-order valence-electron chi connectivity index (χ4n) is 1.94. The molecule has 0 bridgehead atoms. The van der Waals surface area contributed by atoms with Gasteiger partial charge in [0.05, 0.1) is 24.4 Å². The molecule has 1 atom stereocenters. The zero-order valence-electron chi connectivity index (χ0n) is 12.5. The third-order valence-electron chi connectivity index (χ3n) is 2.84. The predicted octanol–water partition coefficient (Wildman–Crippen LogP) is 0.999. The smallest absolute Gasteiger partial charge is 0.292 e. The molecule has 1 heterocycles. The van der Waals surface area contributed by atoms with E-state index in [1.54, 1.807) is 10.9 Å². The zero-order valence-corrected chi connectivity index (χ0v) is 12.5. The van der Waals surface area contributed by atoms with E-state index in [0.29, 0.717) is 13.0 Å². The highest BCUT2D eigenvalue weighted by atomic mass is 16.3. The van der Waals surface area contributed by atoms with Crippen molar-refractivity contribution in [2.75, 3.05) is 6.61 Å². The van der Waals surface area contributed by atoms with Crippen LogP contribution in [0.3, 0.4) is 0 Å². The molecule has 0 fully saturated rings. The first kappa shape index (κ1) is 16.4. The van der Waals surface area contributed by atoms with Crippen LogP contribution < -0.4 is 5.32 Å². The van der Waals surface area contributed by atoms with Crippen molar-refractivity contribution in [2.45, 2.75) is 46.7 Å². The number of aliphatic hydroxyl groups excluding tert-OH is 1. The number of nitrogens with zero attached hydrogens (tertiary/aromatic N) is 2. The average Bonchev–Trinajstić information content (AvgIpc) is 2.83. The summed E-state index contributed by atoms with van der Waals surface area (Å²) in [7, 11) is 0. The minimum absolute atomic E-state index is 0.0448. The lowest BCUT2D eigenvalue weighted by molar-refractivity contribution is -0.118. The van der Waals surface area contributed by atoms with Crippen LogP contribution in [0.15, 0.2) is 12.4 Å². The van der Waals surface area contributed by atoms with Crippen molar-refractivity contribution >= 4 is 11.7 Å². The highest BCUT2D eigenvalue weighted by Gasteiger charge is 2.24. The Morgan fingerprint density at radius 1 is 1.45 bits per heavy atom. The van der Waals surface area contributed by atoms with Gasteiger partial charge in [-0.2, -0.15) is 5.10 Å². The molecule has 0 aromatic carbocycles. The number of nitrogens with one attached hydrogen (secondary N) is 1. The molecule has 2 N–H and O–H groups in total. The van der Waals surface area contributed by atoms with Crippen LogP contribution in [-0.4, -0.2) is 39.2 Å². The second-order valence-corrected chi connectivity index (χ2v) is 6.03. The van der Waals surface area contributed by atoms with Crippen molar-refractivity contribution in [3.63, 3.8) is 0 Å². The molecule has 0 aliphatic carbocycles. The van der Waals surface area contributed by atoms with Crippen molar-refractivity contribution in [3.05, 3.63) is 18.0 Å². The number of hydrogen-bond acceptors (Lipinski definition) is 4. The second kappa shape index (κ2) is 6.65. The van der Waals surface area contributed by atoms with Gasteiger partial charge in [0.15, 0.2) is 0 Å². The molecule has 0 radical (unpaired) electrons. The van der Waals surface area contributed by atoms with E-state index < -0.39 is 17.7 Å². The predicted molar refractivity (Wildman–Crippen MR) is 75.3 cm³/mol. The summed E-state index contributed by atoms with van der Waals surface area (Å²) in [6.45, 7) is 8.37.